The van der Waals surface area contributed by atoms with Crippen LogP contribution in [0.15, 0.2) is 12.2 Å². The summed E-state index contributed by atoms with van der Waals surface area (Å²) in [5.41, 5.74) is 0. The minimum Gasteiger partial charge on any atom is -0.295 e. The van der Waals surface area contributed by atoms with Crippen LogP contribution < -0.4 is 0 Å². The maximum Gasteiger partial charge on any atom is 0.150 e. The first-order valence-electron chi connectivity index (χ1n) is 4.24. The van der Waals surface area contributed by atoms with Gasteiger partial charge in [0.25, 0.3) is 0 Å². The van der Waals surface area contributed by atoms with Gasteiger partial charge < -0.3 is 0 Å². The van der Waals surface area contributed by atoms with Crippen LogP contribution in [0.1, 0.15) is 20.3 Å². The molecule has 0 aromatic heterocycles. The van der Waals surface area contributed by atoms with Gasteiger partial charge in [0.15, 0.2) is 5.78 Å². The second-order valence-electron chi connectivity index (χ2n) is 3.32. The molecule has 11 heavy (non-hydrogen) atoms. The minimum absolute atomic E-state index is 0.209. The molecule has 1 rings (SSSR count). The molecule has 59 valence electrons. The van der Waals surface area contributed by atoms with Crippen molar-refractivity contribution in [3.63, 3.8) is 0 Å². The maximum absolute atomic E-state index is 11.3. The van der Waals surface area contributed by atoms with Gasteiger partial charge in [0.2, 0.25) is 0 Å². The van der Waals surface area contributed by atoms with Crippen molar-refractivity contribution >= 4 is 13.1 Å². The Kier molecular flexibility index (Phi) is 2.92. The van der Waals surface area contributed by atoms with Crippen molar-refractivity contribution in [2.45, 2.75) is 32.4 Å². The molecule has 0 aromatic carbocycles. The molecule has 0 aliphatic carbocycles. The number of rotatable bonds is 2. The molecule has 2 heteroatoms. The van der Waals surface area contributed by atoms with E-state index in [1.807, 2.05) is 13.0 Å². The highest BCUT2D eigenvalue weighted by molar-refractivity contribution is 6.46. The Morgan fingerprint density at radius 1 is 1.64 bits per heavy atom. The molecule has 1 heterocycles. The number of carbonyl (C=O) groups excluding carboxylic acids is 1. The average Bonchev–Trinajstić information content (AvgIpc) is 2.36. The molecule has 2 unspecified atom stereocenters. The topological polar surface area (TPSA) is 17.1 Å². The van der Waals surface area contributed by atoms with E-state index in [1.54, 1.807) is 6.08 Å². The predicted octanol–water partition coefficient (Wildman–Crippen LogP) is 2.08. The molecule has 0 saturated carbocycles. The molecule has 1 radical (unpaired) electrons. The van der Waals surface area contributed by atoms with Crippen LogP contribution in [0, 0.1) is 5.92 Å². The number of hydrogen-bond acceptors (Lipinski definition) is 1. The van der Waals surface area contributed by atoms with E-state index in [0.717, 1.165) is 12.7 Å². The molecule has 1 aliphatic rings. The van der Waals surface area contributed by atoms with Crippen molar-refractivity contribution in [3.8, 4) is 0 Å². The van der Waals surface area contributed by atoms with Gasteiger partial charge in [0.05, 0.1) is 0 Å². The molecular weight excluding hydrogens is 135 g/mol. The van der Waals surface area contributed by atoms with Crippen LogP contribution in [-0.4, -0.2) is 13.1 Å². The standard InChI is InChI=1S/C9H14BO/c1-3-4-9(11)8-5-7(2)6-10-8/h3-4,7-8H,5-6H2,1-2H3/b4-3+. The lowest BCUT2D eigenvalue weighted by Crippen LogP contribution is -2.06. The van der Waals surface area contributed by atoms with Gasteiger partial charge in [-0.2, -0.15) is 0 Å². The molecule has 0 spiro atoms. The van der Waals surface area contributed by atoms with Crippen LogP contribution in [0.4, 0.5) is 0 Å². The highest BCUT2D eigenvalue weighted by Crippen LogP contribution is 2.30. The van der Waals surface area contributed by atoms with Gasteiger partial charge in [-0.15, -0.1) is 0 Å². The average molecular weight is 149 g/mol. The molecule has 1 fully saturated rings. The lowest BCUT2D eigenvalue weighted by molar-refractivity contribution is -0.114. The summed E-state index contributed by atoms with van der Waals surface area (Å²) in [5.74, 6) is 1.19. The van der Waals surface area contributed by atoms with Crippen LogP contribution in [0.25, 0.3) is 0 Å². The van der Waals surface area contributed by atoms with Crippen LogP contribution >= 0.6 is 0 Å². The SMILES string of the molecule is C/C=C/C(=O)C1[B]CC(C)C1. The smallest absolute Gasteiger partial charge is 0.150 e. The maximum atomic E-state index is 11.3. The molecule has 0 N–H and O–H groups in total. The molecule has 1 aliphatic heterocycles. The normalized spacial score (nSPS) is 30.7. The number of hydrogen-bond donors (Lipinski definition) is 0. The fourth-order valence-electron chi connectivity index (χ4n) is 1.54. The summed E-state index contributed by atoms with van der Waals surface area (Å²) in [6, 6.07) is 0. The summed E-state index contributed by atoms with van der Waals surface area (Å²) in [6.45, 7) is 4.08. The van der Waals surface area contributed by atoms with Crippen molar-refractivity contribution in [2.24, 2.45) is 5.92 Å². The third kappa shape index (κ3) is 2.21. The lowest BCUT2D eigenvalue weighted by atomic mass is 9.65. The van der Waals surface area contributed by atoms with Crippen molar-refractivity contribution < 1.29 is 4.79 Å². The van der Waals surface area contributed by atoms with E-state index >= 15 is 0 Å². The third-order valence-electron chi connectivity index (χ3n) is 2.18. The molecular formula is C9H14BO. The van der Waals surface area contributed by atoms with Crippen molar-refractivity contribution in [2.75, 3.05) is 0 Å². The van der Waals surface area contributed by atoms with E-state index in [-0.39, 0.29) is 11.6 Å². The summed E-state index contributed by atoms with van der Waals surface area (Å²) in [5, 5.41) is 0. The van der Waals surface area contributed by atoms with Gasteiger partial charge in [-0.05, 0) is 25.2 Å². The Balaban J connectivity index is 2.43. The molecule has 0 aromatic rings. The first kappa shape index (κ1) is 8.57. The molecule has 1 nitrogen and oxygen atoms in total. The van der Waals surface area contributed by atoms with Crippen LogP contribution in [0.5, 0.6) is 0 Å². The van der Waals surface area contributed by atoms with E-state index in [9.17, 15) is 4.79 Å². The van der Waals surface area contributed by atoms with Crippen molar-refractivity contribution in [1.82, 2.24) is 0 Å². The van der Waals surface area contributed by atoms with Gasteiger partial charge in [0, 0.05) is 0 Å². The van der Waals surface area contributed by atoms with Gasteiger partial charge in [-0.3, -0.25) is 4.79 Å². The Morgan fingerprint density at radius 2 is 2.36 bits per heavy atom. The second-order valence-corrected chi connectivity index (χ2v) is 3.32. The summed E-state index contributed by atoms with van der Waals surface area (Å²) in [7, 11) is 2.15. The number of ketones is 1. The Labute approximate surface area is 69.1 Å². The first-order valence-corrected chi connectivity index (χ1v) is 4.24. The molecule has 0 amide bonds. The highest BCUT2D eigenvalue weighted by atomic mass is 16.1. The zero-order valence-corrected chi connectivity index (χ0v) is 7.21. The van der Waals surface area contributed by atoms with Gasteiger partial charge in [0.1, 0.15) is 7.28 Å². The lowest BCUT2D eigenvalue weighted by Gasteiger charge is -2.03. The fourth-order valence-corrected chi connectivity index (χ4v) is 1.54. The Morgan fingerprint density at radius 3 is 2.82 bits per heavy atom. The number of allylic oxidation sites excluding steroid dienone is 2. The zero-order valence-electron chi connectivity index (χ0n) is 7.21. The van der Waals surface area contributed by atoms with E-state index < -0.39 is 0 Å². The predicted molar refractivity (Wildman–Crippen MR) is 47.9 cm³/mol. The van der Waals surface area contributed by atoms with Gasteiger partial charge >= 0.3 is 0 Å². The minimum atomic E-state index is 0.209. The first-order chi connectivity index (χ1) is 5.24. The van der Waals surface area contributed by atoms with Crippen LogP contribution in [-0.2, 0) is 4.79 Å². The zero-order chi connectivity index (χ0) is 8.27. The Hall–Kier alpha value is -0.525. The molecule has 1 saturated heterocycles. The third-order valence-corrected chi connectivity index (χ3v) is 2.18. The summed E-state index contributed by atoms with van der Waals surface area (Å²) in [6.07, 6.45) is 5.65. The van der Waals surface area contributed by atoms with Crippen molar-refractivity contribution in [1.29, 1.82) is 0 Å². The van der Waals surface area contributed by atoms with Gasteiger partial charge in [-0.1, -0.05) is 25.2 Å². The number of carbonyl (C=O) groups is 1. The van der Waals surface area contributed by atoms with Crippen LogP contribution in [0.3, 0.4) is 0 Å². The fraction of sp³-hybridized carbons (Fsp3) is 0.667. The van der Waals surface area contributed by atoms with E-state index in [2.05, 4.69) is 14.2 Å². The second kappa shape index (κ2) is 3.75. The van der Waals surface area contributed by atoms with E-state index in [4.69, 9.17) is 0 Å². The monoisotopic (exact) mass is 149 g/mol. The largest absolute Gasteiger partial charge is 0.295 e. The van der Waals surface area contributed by atoms with Gasteiger partial charge in [-0.25, -0.2) is 0 Å². The highest BCUT2D eigenvalue weighted by Gasteiger charge is 2.26. The Bertz CT molecular complexity index is 174. The van der Waals surface area contributed by atoms with E-state index in [1.165, 1.54) is 0 Å². The van der Waals surface area contributed by atoms with Crippen LogP contribution in [0.2, 0.25) is 12.1 Å². The van der Waals surface area contributed by atoms with E-state index in [0.29, 0.717) is 5.92 Å². The summed E-state index contributed by atoms with van der Waals surface area (Å²) >= 11 is 0. The molecule has 2 atom stereocenters. The summed E-state index contributed by atoms with van der Waals surface area (Å²) < 4.78 is 0. The quantitative estimate of drug-likeness (QED) is 0.433. The van der Waals surface area contributed by atoms with Crippen molar-refractivity contribution in [3.05, 3.63) is 12.2 Å². The molecule has 0 bridgehead atoms. The summed E-state index contributed by atoms with van der Waals surface area (Å²) in [4.78, 5) is 11.3.